The van der Waals surface area contributed by atoms with Crippen LogP contribution in [0.15, 0.2) is 109 Å². The summed E-state index contributed by atoms with van der Waals surface area (Å²) in [6, 6.07) is 42.1. The summed E-state index contributed by atoms with van der Waals surface area (Å²) in [5, 5.41) is 5.51. The second kappa shape index (κ2) is 16.8. The lowest BCUT2D eigenvalue weighted by atomic mass is 10.1. The monoisotopic (exact) mass is 832 g/mol. The number of para-hydroxylation sites is 2. The molecule has 0 saturated heterocycles. The standard InChI is InChI=1S/C52H52N2S4/c1-3-5-7-9-11-17-27-53-41-21-15-13-19-37(41)39-29-35(23-25-43(39)53)45-31-47-49(55-45)33-51(57-47)52-34-50-48(58-52)32-46(56-50)36-24-26-44-40(30-36)38-20-14-16-22-42(38)54(44)28-18-12-10-8-6-4-2/h13-16,19-26,29-34H,3-12,17-18,27-28H2,1-2H3. The van der Waals surface area contributed by atoms with Crippen LogP contribution in [-0.4, -0.2) is 9.13 Å². The summed E-state index contributed by atoms with van der Waals surface area (Å²) in [5.74, 6) is 0. The molecule has 0 aliphatic rings. The maximum absolute atomic E-state index is 2.57. The fourth-order valence-electron chi connectivity index (χ4n) is 9.20. The molecule has 0 unspecified atom stereocenters. The Morgan fingerprint density at radius 3 is 1.16 bits per heavy atom. The summed E-state index contributed by atoms with van der Waals surface area (Å²) in [6.45, 7) is 6.78. The number of unbranched alkanes of at least 4 members (excludes halogenated alkanes) is 10. The predicted octanol–water partition coefficient (Wildman–Crippen LogP) is 18.2. The van der Waals surface area contributed by atoms with Crippen LogP contribution in [-0.2, 0) is 13.1 Å². The lowest BCUT2D eigenvalue weighted by molar-refractivity contribution is 0.571. The van der Waals surface area contributed by atoms with Crippen LogP contribution >= 0.6 is 45.3 Å². The molecule has 4 aromatic carbocycles. The molecule has 0 aliphatic carbocycles. The van der Waals surface area contributed by atoms with E-state index in [0.717, 1.165) is 13.1 Å². The first-order chi connectivity index (χ1) is 28.7. The molecule has 2 nitrogen and oxygen atoms in total. The number of benzene rings is 4. The van der Waals surface area contributed by atoms with Crippen LogP contribution in [0.25, 0.3) is 93.0 Å². The van der Waals surface area contributed by atoms with Crippen LogP contribution in [0.2, 0.25) is 0 Å². The second-order valence-corrected chi connectivity index (χ2v) is 20.6. The van der Waals surface area contributed by atoms with Crippen molar-refractivity contribution in [1.29, 1.82) is 0 Å². The van der Waals surface area contributed by atoms with Gasteiger partial charge in [0.15, 0.2) is 0 Å². The number of aromatic nitrogens is 2. The first-order valence-electron chi connectivity index (χ1n) is 21.8. The number of hydrogen-bond donors (Lipinski definition) is 0. The van der Waals surface area contributed by atoms with Crippen molar-refractivity contribution in [1.82, 2.24) is 9.13 Å². The van der Waals surface area contributed by atoms with Gasteiger partial charge in [-0.15, -0.1) is 45.3 Å². The maximum atomic E-state index is 2.57. The van der Waals surface area contributed by atoms with Crippen molar-refractivity contribution in [2.24, 2.45) is 0 Å². The summed E-state index contributed by atoms with van der Waals surface area (Å²) in [6.07, 6.45) is 15.9. The number of rotatable bonds is 17. The predicted molar refractivity (Wildman–Crippen MR) is 262 cm³/mol. The molecule has 294 valence electrons. The number of thiophene rings is 4. The first-order valence-corrected chi connectivity index (χ1v) is 25.0. The van der Waals surface area contributed by atoms with Crippen molar-refractivity contribution < 1.29 is 0 Å². The Balaban J connectivity index is 0.876. The van der Waals surface area contributed by atoms with Gasteiger partial charge in [0.2, 0.25) is 0 Å². The minimum Gasteiger partial charge on any atom is -0.340 e. The summed E-state index contributed by atoms with van der Waals surface area (Å²) < 4.78 is 10.7. The third-order valence-electron chi connectivity index (χ3n) is 12.2. The summed E-state index contributed by atoms with van der Waals surface area (Å²) in [4.78, 5) is 5.50. The smallest absolute Gasteiger partial charge is 0.0491 e. The van der Waals surface area contributed by atoms with Gasteiger partial charge in [-0.05, 0) is 84.6 Å². The Bertz CT molecular complexity index is 2740. The Hall–Kier alpha value is -4.20. The van der Waals surface area contributed by atoms with Crippen LogP contribution in [0.3, 0.4) is 0 Å². The molecule has 0 radical (unpaired) electrons. The van der Waals surface area contributed by atoms with E-state index in [9.17, 15) is 0 Å². The molecule has 58 heavy (non-hydrogen) atoms. The van der Waals surface area contributed by atoms with Crippen LogP contribution in [0.1, 0.15) is 90.9 Å². The molecular weight excluding hydrogens is 781 g/mol. The highest BCUT2D eigenvalue weighted by Crippen LogP contribution is 2.48. The summed E-state index contributed by atoms with van der Waals surface area (Å²) >= 11 is 7.77. The largest absolute Gasteiger partial charge is 0.340 e. The number of aryl methyl sites for hydroxylation is 2. The average molecular weight is 833 g/mol. The fraction of sp³-hybridized carbons (Fsp3) is 0.308. The molecular formula is C52H52N2S4. The lowest BCUT2D eigenvalue weighted by Crippen LogP contribution is -1.97. The Kier molecular flexibility index (Phi) is 11.0. The molecule has 6 heteroatoms. The van der Waals surface area contributed by atoms with Gasteiger partial charge in [-0.1, -0.05) is 127 Å². The van der Waals surface area contributed by atoms with Crippen molar-refractivity contribution in [2.45, 2.75) is 104 Å². The normalized spacial score (nSPS) is 12.2. The van der Waals surface area contributed by atoms with E-state index in [1.54, 1.807) is 0 Å². The van der Waals surface area contributed by atoms with E-state index in [1.165, 1.54) is 170 Å². The second-order valence-electron chi connectivity index (χ2n) is 16.2. The van der Waals surface area contributed by atoms with Crippen LogP contribution < -0.4 is 0 Å². The first kappa shape index (κ1) is 38.0. The van der Waals surface area contributed by atoms with E-state index in [4.69, 9.17) is 0 Å². The highest BCUT2D eigenvalue weighted by atomic mass is 32.1. The van der Waals surface area contributed by atoms with Crippen LogP contribution in [0.4, 0.5) is 0 Å². The van der Waals surface area contributed by atoms with Crippen molar-refractivity contribution in [3.63, 3.8) is 0 Å². The zero-order chi connectivity index (χ0) is 39.0. The fourth-order valence-corrected chi connectivity index (χ4v) is 14.1. The maximum Gasteiger partial charge on any atom is 0.0491 e. The molecule has 0 fully saturated rings. The van der Waals surface area contributed by atoms with Gasteiger partial charge in [0, 0.05) is 95.0 Å². The number of fused-ring (bicyclic) bond motifs is 8. The SMILES string of the molecule is CCCCCCCCn1c2ccccc2c2cc(-c3cc4sc(-c5cc6sc(-c7ccc8c(c7)c7ccccc7n8CCCCCCCC)cc6s5)cc4s3)ccc21. The van der Waals surface area contributed by atoms with E-state index >= 15 is 0 Å². The van der Waals surface area contributed by atoms with Gasteiger partial charge in [0.05, 0.1) is 0 Å². The van der Waals surface area contributed by atoms with Crippen molar-refractivity contribution >= 4 is 108 Å². The van der Waals surface area contributed by atoms with E-state index in [1.807, 2.05) is 45.3 Å². The molecule has 0 N–H and O–H groups in total. The molecule has 6 aromatic heterocycles. The molecule has 0 atom stereocenters. The van der Waals surface area contributed by atoms with Gasteiger partial charge >= 0.3 is 0 Å². The van der Waals surface area contributed by atoms with Crippen molar-refractivity contribution in [3.8, 4) is 30.6 Å². The van der Waals surface area contributed by atoms with Gasteiger partial charge in [0.25, 0.3) is 0 Å². The topological polar surface area (TPSA) is 9.86 Å². The molecule has 10 rings (SSSR count). The van der Waals surface area contributed by atoms with E-state index < -0.39 is 0 Å². The summed E-state index contributed by atoms with van der Waals surface area (Å²) in [5.41, 5.74) is 8.13. The lowest BCUT2D eigenvalue weighted by Gasteiger charge is -2.08. The highest BCUT2D eigenvalue weighted by molar-refractivity contribution is 7.35. The van der Waals surface area contributed by atoms with E-state index in [-0.39, 0.29) is 0 Å². The van der Waals surface area contributed by atoms with Gasteiger partial charge < -0.3 is 9.13 Å². The van der Waals surface area contributed by atoms with Crippen molar-refractivity contribution in [3.05, 3.63) is 109 Å². The Morgan fingerprint density at radius 1 is 0.345 bits per heavy atom. The zero-order valence-corrected chi connectivity index (χ0v) is 37.1. The van der Waals surface area contributed by atoms with Gasteiger partial charge in [-0.3, -0.25) is 0 Å². The quantitative estimate of drug-likeness (QED) is 0.0809. The molecule has 10 aromatic rings. The Labute approximate surface area is 358 Å². The highest BCUT2D eigenvalue weighted by Gasteiger charge is 2.18. The third kappa shape index (κ3) is 7.25. The van der Waals surface area contributed by atoms with Gasteiger partial charge in [-0.2, -0.15) is 0 Å². The molecule has 6 heterocycles. The number of nitrogens with zero attached hydrogens (tertiary/aromatic N) is 2. The van der Waals surface area contributed by atoms with Gasteiger partial charge in [0.1, 0.15) is 0 Å². The number of hydrogen-bond acceptors (Lipinski definition) is 4. The molecule has 0 aliphatic heterocycles. The molecule has 0 saturated carbocycles. The van der Waals surface area contributed by atoms with Crippen molar-refractivity contribution in [2.75, 3.05) is 0 Å². The average Bonchev–Trinajstić information content (AvgIpc) is 4.10. The molecule has 0 spiro atoms. The van der Waals surface area contributed by atoms with E-state index in [2.05, 4.69) is 132 Å². The molecule has 0 amide bonds. The minimum atomic E-state index is 1.09. The zero-order valence-electron chi connectivity index (χ0n) is 33.8. The van der Waals surface area contributed by atoms with Crippen LogP contribution in [0.5, 0.6) is 0 Å². The third-order valence-corrected chi connectivity index (χ3v) is 17.1. The van der Waals surface area contributed by atoms with Crippen LogP contribution in [0, 0.1) is 0 Å². The van der Waals surface area contributed by atoms with E-state index in [0.29, 0.717) is 0 Å². The molecule has 0 bridgehead atoms. The summed E-state index contributed by atoms with van der Waals surface area (Å²) in [7, 11) is 0. The van der Waals surface area contributed by atoms with Gasteiger partial charge in [-0.25, -0.2) is 0 Å². The minimum absolute atomic E-state index is 1.09. The Morgan fingerprint density at radius 2 is 0.707 bits per heavy atom.